The van der Waals surface area contributed by atoms with E-state index in [9.17, 15) is 4.79 Å². The van der Waals surface area contributed by atoms with Gasteiger partial charge in [-0.2, -0.15) is 0 Å². The lowest BCUT2D eigenvalue weighted by molar-refractivity contribution is -0.120. The maximum Gasteiger partial charge on any atom is 0.234 e. The van der Waals surface area contributed by atoms with Gasteiger partial charge in [-0.15, -0.1) is 11.3 Å². The summed E-state index contributed by atoms with van der Waals surface area (Å²) in [6, 6.07) is 0. The van der Waals surface area contributed by atoms with Crippen molar-refractivity contribution in [1.29, 1.82) is 0 Å². The Morgan fingerprint density at radius 1 is 1.58 bits per heavy atom. The summed E-state index contributed by atoms with van der Waals surface area (Å²) >= 11 is 1.61. The molecule has 0 bridgehead atoms. The molecule has 2 N–H and O–H groups in total. The maximum absolute atomic E-state index is 11.5. The summed E-state index contributed by atoms with van der Waals surface area (Å²) in [5.74, 6) is -0.0271. The van der Waals surface area contributed by atoms with Gasteiger partial charge in [-0.25, -0.2) is 4.98 Å². The van der Waals surface area contributed by atoms with Gasteiger partial charge in [-0.1, -0.05) is 0 Å². The van der Waals surface area contributed by atoms with Crippen LogP contribution in [0.2, 0.25) is 0 Å². The SMILES string of the molecule is COCCNC(=O)CNCc1c(C)nc2sccn12. The minimum Gasteiger partial charge on any atom is -0.383 e. The highest BCUT2D eigenvalue weighted by Crippen LogP contribution is 2.16. The van der Waals surface area contributed by atoms with E-state index in [1.807, 2.05) is 18.5 Å². The summed E-state index contributed by atoms with van der Waals surface area (Å²) in [7, 11) is 1.61. The van der Waals surface area contributed by atoms with Crippen LogP contribution in [0.25, 0.3) is 4.96 Å². The van der Waals surface area contributed by atoms with E-state index in [1.54, 1.807) is 18.4 Å². The lowest BCUT2D eigenvalue weighted by Crippen LogP contribution is -2.35. The van der Waals surface area contributed by atoms with Crippen molar-refractivity contribution in [3.63, 3.8) is 0 Å². The third kappa shape index (κ3) is 3.52. The number of fused-ring (bicyclic) bond motifs is 1. The fourth-order valence-corrected chi connectivity index (χ4v) is 2.58. The second-order valence-corrected chi connectivity index (χ2v) is 5.02. The average Bonchev–Trinajstić information content (AvgIpc) is 2.92. The van der Waals surface area contributed by atoms with Crippen molar-refractivity contribution in [2.24, 2.45) is 0 Å². The Hall–Kier alpha value is -1.44. The van der Waals surface area contributed by atoms with Crippen LogP contribution in [0.1, 0.15) is 11.4 Å². The van der Waals surface area contributed by atoms with Gasteiger partial charge < -0.3 is 15.4 Å². The summed E-state index contributed by atoms with van der Waals surface area (Å²) in [6.45, 7) is 3.97. The van der Waals surface area contributed by atoms with Crippen molar-refractivity contribution >= 4 is 22.2 Å². The largest absolute Gasteiger partial charge is 0.383 e. The molecule has 104 valence electrons. The fraction of sp³-hybridized carbons (Fsp3) is 0.500. The van der Waals surface area contributed by atoms with Crippen molar-refractivity contribution < 1.29 is 9.53 Å². The molecule has 0 aliphatic rings. The smallest absolute Gasteiger partial charge is 0.234 e. The molecule has 1 amide bonds. The second-order valence-electron chi connectivity index (χ2n) is 4.15. The Morgan fingerprint density at radius 3 is 3.21 bits per heavy atom. The lowest BCUT2D eigenvalue weighted by Gasteiger charge is -2.06. The molecule has 2 aromatic heterocycles. The standard InChI is InChI=1S/C12H18N4O2S/c1-9-10(16-4-6-19-12(16)15-9)7-13-8-11(17)14-3-5-18-2/h4,6,13H,3,5,7-8H2,1-2H3,(H,14,17). The third-order valence-corrected chi connectivity index (χ3v) is 3.52. The van der Waals surface area contributed by atoms with E-state index in [-0.39, 0.29) is 5.91 Å². The number of hydrogen-bond donors (Lipinski definition) is 2. The molecule has 2 heterocycles. The van der Waals surface area contributed by atoms with Gasteiger partial charge in [0.05, 0.1) is 24.5 Å². The average molecular weight is 282 g/mol. The Morgan fingerprint density at radius 2 is 2.42 bits per heavy atom. The van der Waals surface area contributed by atoms with Crippen LogP contribution in [0.4, 0.5) is 0 Å². The highest BCUT2D eigenvalue weighted by Gasteiger charge is 2.09. The van der Waals surface area contributed by atoms with Crippen LogP contribution in [0.15, 0.2) is 11.6 Å². The predicted octanol–water partition coefficient (Wildman–Crippen LogP) is 0.556. The number of rotatable bonds is 7. The minimum atomic E-state index is -0.0271. The maximum atomic E-state index is 11.5. The van der Waals surface area contributed by atoms with Gasteiger partial charge in [-0.05, 0) is 6.92 Å². The van der Waals surface area contributed by atoms with E-state index >= 15 is 0 Å². The molecule has 0 spiro atoms. The van der Waals surface area contributed by atoms with E-state index in [4.69, 9.17) is 4.74 Å². The van der Waals surface area contributed by atoms with Gasteiger partial charge in [0.15, 0.2) is 4.96 Å². The van der Waals surface area contributed by atoms with Crippen molar-refractivity contribution in [2.75, 3.05) is 26.8 Å². The zero-order valence-corrected chi connectivity index (χ0v) is 11.9. The van der Waals surface area contributed by atoms with E-state index in [2.05, 4.69) is 20.0 Å². The van der Waals surface area contributed by atoms with E-state index in [0.29, 0.717) is 26.2 Å². The van der Waals surface area contributed by atoms with Crippen molar-refractivity contribution in [1.82, 2.24) is 20.0 Å². The van der Waals surface area contributed by atoms with Crippen LogP contribution < -0.4 is 10.6 Å². The molecular weight excluding hydrogens is 264 g/mol. The van der Waals surface area contributed by atoms with Gasteiger partial charge in [0.1, 0.15) is 0 Å². The lowest BCUT2D eigenvalue weighted by atomic mass is 10.3. The zero-order valence-electron chi connectivity index (χ0n) is 11.1. The minimum absolute atomic E-state index is 0.0271. The summed E-state index contributed by atoms with van der Waals surface area (Å²) in [5.41, 5.74) is 2.10. The molecule has 7 heteroatoms. The quantitative estimate of drug-likeness (QED) is 0.728. The first-order valence-electron chi connectivity index (χ1n) is 6.09. The van der Waals surface area contributed by atoms with Crippen LogP contribution in [0.5, 0.6) is 0 Å². The number of methoxy groups -OCH3 is 1. The van der Waals surface area contributed by atoms with Crippen LogP contribution >= 0.6 is 11.3 Å². The molecule has 2 aromatic rings. The molecular formula is C12H18N4O2S. The molecule has 6 nitrogen and oxygen atoms in total. The predicted molar refractivity (Wildman–Crippen MR) is 74.4 cm³/mol. The molecule has 0 fully saturated rings. The summed E-state index contributed by atoms with van der Waals surface area (Å²) < 4.78 is 6.92. The van der Waals surface area contributed by atoms with Crippen molar-refractivity contribution in [2.45, 2.75) is 13.5 Å². The molecule has 0 atom stereocenters. The molecule has 0 unspecified atom stereocenters. The second kappa shape index (κ2) is 6.65. The molecule has 0 saturated heterocycles. The number of amides is 1. The first-order valence-corrected chi connectivity index (χ1v) is 6.97. The number of ether oxygens (including phenoxy) is 1. The Balaban J connectivity index is 1.80. The first kappa shape index (κ1) is 14.0. The van der Waals surface area contributed by atoms with E-state index in [1.165, 1.54) is 0 Å². The molecule has 0 aliphatic heterocycles. The number of imidazole rings is 1. The Labute approximate surface area is 115 Å². The Kier molecular flexibility index (Phi) is 4.89. The Bertz CT molecular complexity index is 549. The normalized spacial score (nSPS) is 11.1. The topological polar surface area (TPSA) is 67.7 Å². The highest BCUT2D eigenvalue weighted by atomic mass is 32.1. The molecule has 0 aliphatic carbocycles. The van der Waals surface area contributed by atoms with Gasteiger partial charge in [0.2, 0.25) is 5.91 Å². The highest BCUT2D eigenvalue weighted by molar-refractivity contribution is 7.15. The fourth-order valence-electron chi connectivity index (χ4n) is 1.80. The number of carbonyl (C=O) groups is 1. The van der Waals surface area contributed by atoms with E-state index in [0.717, 1.165) is 16.3 Å². The summed E-state index contributed by atoms with van der Waals surface area (Å²) in [4.78, 5) is 16.9. The van der Waals surface area contributed by atoms with Crippen LogP contribution in [-0.2, 0) is 16.1 Å². The number of nitrogens with one attached hydrogen (secondary N) is 2. The van der Waals surface area contributed by atoms with Gasteiger partial charge in [0.25, 0.3) is 0 Å². The first-order chi connectivity index (χ1) is 9.22. The molecule has 0 aromatic carbocycles. The number of thiazole rings is 1. The number of aromatic nitrogens is 2. The van der Waals surface area contributed by atoms with Crippen LogP contribution in [0, 0.1) is 6.92 Å². The number of nitrogens with zero attached hydrogens (tertiary/aromatic N) is 2. The van der Waals surface area contributed by atoms with Crippen LogP contribution in [-0.4, -0.2) is 42.1 Å². The zero-order chi connectivity index (χ0) is 13.7. The summed E-state index contributed by atoms with van der Waals surface area (Å²) in [6.07, 6.45) is 2.00. The number of aryl methyl sites for hydroxylation is 1. The third-order valence-electron chi connectivity index (χ3n) is 2.77. The van der Waals surface area contributed by atoms with Crippen molar-refractivity contribution in [3.8, 4) is 0 Å². The number of hydrogen-bond acceptors (Lipinski definition) is 5. The molecule has 19 heavy (non-hydrogen) atoms. The molecule has 0 radical (unpaired) electrons. The van der Waals surface area contributed by atoms with Crippen LogP contribution in [0.3, 0.4) is 0 Å². The van der Waals surface area contributed by atoms with Crippen molar-refractivity contribution in [3.05, 3.63) is 23.0 Å². The van der Waals surface area contributed by atoms with Gasteiger partial charge in [-0.3, -0.25) is 9.20 Å². The summed E-state index contributed by atoms with van der Waals surface area (Å²) in [5, 5.41) is 7.89. The monoisotopic (exact) mass is 282 g/mol. The number of carbonyl (C=O) groups excluding carboxylic acids is 1. The van der Waals surface area contributed by atoms with Gasteiger partial charge in [0, 0.05) is 31.8 Å². The molecule has 2 rings (SSSR count). The van der Waals surface area contributed by atoms with Gasteiger partial charge >= 0.3 is 0 Å². The van der Waals surface area contributed by atoms with E-state index < -0.39 is 0 Å². The molecule has 0 saturated carbocycles.